The minimum absolute atomic E-state index is 0.0132. The van der Waals surface area contributed by atoms with Crippen LogP contribution in [0, 0.1) is 5.92 Å². The summed E-state index contributed by atoms with van der Waals surface area (Å²) in [6.07, 6.45) is 0.398. The fraction of sp³-hybridized carbons (Fsp3) is 0.500. The van der Waals surface area contributed by atoms with Gasteiger partial charge >= 0.3 is 5.97 Å². The first-order valence-electron chi connectivity index (χ1n) is 9.65. The highest BCUT2D eigenvalue weighted by molar-refractivity contribution is 7.80. The fourth-order valence-electron chi connectivity index (χ4n) is 2.74. The number of carbonyl (C=O) groups excluding carboxylic acids is 3. The summed E-state index contributed by atoms with van der Waals surface area (Å²) in [5, 5.41) is 17.0. The molecular formula is C20H30N4O5S. The van der Waals surface area contributed by atoms with E-state index in [-0.39, 0.29) is 24.6 Å². The van der Waals surface area contributed by atoms with Gasteiger partial charge in [-0.1, -0.05) is 44.2 Å². The molecule has 1 aromatic carbocycles. The van der Waals surface area contributed by atoms with Crippen LogP contribution in [-0.2, 0) is 25.6 Å². The third kappa shape index (κ3) is 8.83. The average molecular weight is 439 g/mol. The Morgan fingerprint density at radius 3 is 2.03 bits per heavy atom. The Morgan fingerprint density at radius 1 is 0.967 bits per heavy atom. The average Bonchev–Trinajstić information content (AvgIpc) is 2.70. The van der Waals surface area contributed by atoms with Gasteiger partial charge in [0, 0.05) is 12.2 Å². The van der Waals surface area contributed by atoms with Gasteiger partial charge in [0.15, 0.2) is 0 Å². The second kappa shape index (κ2) is 12.9. The molecule has 9 nitrogen and oxygen atoms in total. The first-order chi connectivity index (χ1) is 14.2. The molecule has 3 atom stereocenters. The maximum Gasteiger partial charge on any atom is 0.326 e. The van der Waals surface area contributed by atoms with Crippen molar-refractivity contribution in [3.63, 3.8) is 0 Å². The number of aliphatic carboxylic acids is 1. The van der Waals surface area contributed by atoms with Crippen LogP contribution >= 0.6 is 12.6 Å². The van der Waals surface area contributed by atoms with E-state index in [0.29, 0.717) is 6.42 Å². The number of carboxylic acids is 1. The van der Waals surface area contributed by atoms with Gasteiger partial charge in [0.05, 0.1) is 6.54 Å². The first-order valence-corrected chi connectivity index (χ1v) is 10.3. The Balaban J connectivity index is 2.89. The van der Waals surface area contributed by atoms with Gasteiger partial charge < -0.3 is 26.8 Å². The number of nitrogens with two attached hydrogens (primary N) is 1. The molecule has 0 heterocycles. The standard InChI is InChI=1S/C20H30N4O5S/c1-12(2)8-14(23-19(27)16(11-30)22-17(25)10-21)18(26)24-15(20(28)29)9-13-6-4-3-5-7-13/h3-7,12,14-16,30H,8-11,21H2,1-2H3,(H,22,25)(H,23,27)(H,24,26)(H,28,29). The number of carboxylic acid groups (broad SMARTS) is 1. The molecule has 0 saturated heterocycles. The summed E-state index contributed by atoms with van der Waals surface area (Å²) >= 11 is 4.06. The summed E-state index contributed by atoms with van der Waals surface area (Å²) in [5.74, 6) is -2.84. The molecule has 1 aromatic rings. The van der Waals surface area contributed by atoms with Crippen LogP contribution in [0.5, 0.6) is 0 Å². The minimum atomic E-state index is -1.18. The molecule has 0 bridgehead atoms. The molecule has 1 rings (SSSR count). The third-order valence-electron chi connectivity index (χ3n) is 4.26. The molecule has 0 aliphatic heterocycles. The van der Waals surface area contributed by atoms with Gasteiger partial charge in [0.2, 0.25) is 17.7 Å². The summed E-state index contributed by atoms with van der Waals surface area (Å²) in [5.41, 5.74) is 6.01. The summed E-state index contributed by atoms with van der Waals surface area (Å²) < 4.78 is 0. The summed E-state index contributed by atoms with van der Waals surface area (Å²) in [6, 6.07) is 5.84. The normalized spacial score (nSPS) is 13.8. The number of thiol groups is 1. The lowest BCUT2D eigenvalue weighted by atomic mass is 10.0. The Bertz CT molecular complexity index is 729. The largest absolute Gasteiger partial charge is 0.480 e. The second-order valence-electron chi connectivity index (χ2n) is 7.29. The van der Waals surface area contributed by atoms with Crippen LogP contribution in [0.3, 0.4) is 0 Å². The zero-order valence-corrected chi connectivity index (χ0v) is 18.0. The SMILES string of the molecule is CC(C)CC(NC(=O)C(CS)NC(=O)CN)C(=O)NC(Cc1ccccc1)C(=O)O. The monoisotopic (exact) mass is 438 g/mol. The van der Waals surface area contributed by atoms with Crippen LogP contribution in [0.1, 0.15) is 25.8 Å². The van der Waals surface area contributed by atoms with Crippen molar-refractivity contribution in [3.05, 3.63) is 35.9 Å². The van der Waals surface area contributed by atoms with Gasteiger partial charge in [-0.25, -0.2) is 4.79 Å². The van der Waals surface area contributed by atoms with Gasteiger partial charge in [-0.15, -0.1) is 0 Å². The number of hydrogen-bond donors (Lipinski definition) is 6. The maximum atomic E-state index is 12.8. The van der Waals surface area contributed by atoms with Gasteiger partial charge in [-0.2, -0.15) is 12.6 Å². The number of carbonyl (C=O) groups is 4. The minimum Gasteiger partial charge on any atom is -0.480 e. The molecular weight excluding hydrogens is 408 g/mol. The second-order valence-corrected chi connectivity index (χ2v) is 7.65. The topological polar surface area (TPSA) is 151 Å². The third-order valence-corrected chi connectivity index (χ3v) is 4.62. The Morgan fingerprint density at radius 2 is 1.53 bits per heavy atom. The van der Waals surface area contributed by atoms with Gasteiger partial charge in [-0.05, 0) is 17.9 Å². The van der Waals surface area contributed by atoms with Crippen LogP contribution in [0.4, 0.5) is 0 Å². The van der Waals surface area contributed by atoms with Crippen molar-refractivity contribution in [2.75, 3.05) is 12.3 Å². The van der Waals surface area contributed by atoms with E-state index in [1.54, 1.807) is 24.3 Å². The first kappa shape index (κ1) is 25.4. The van der Waals surface area contributed by atoms with E-state index in [1.807, 2.05) is 19.9 Å². The van der Waals surface area contributed by atoms with Crippen LogP contribution in [0.2, 0.25) is 0 Å². The lowest BCUT2D eigenvalue weighted by Crippen LogP contribution is -2.57. The summed E-state index contributed by atoms with van der Waals surface area (Å²) in [6.45, 7) is 3.46. The molecule has 0 aliphatic rings. The quantitative estimate of drug-likeness (QED) is 0.247. The number of nitrogens with one attached hydrogen (secondary N) is 3. The van der Waals surface area contributed by atoms with Crippen molar-refractivity contribution in [2.45, 2.75) is 44.8 Å². The number of rotatable bonds is 12. The molecule has 166 valence electrons. The van der Waals surface area contributed by atoms with E-state index in [2.05, 4.69) is 28.6 Å². The highest BCUT2D eigenvalue weighted by Crippen LogP contribution is 2.08. The summed E-state index contributed by atoms with van der Waals surface area (Å²) in [7, 11) is 0. The van der Waals surface area contributed by atoms with Crippen molar-refractivity contribution in [3.8, 4) is 0 Å². The summed E-state index contributed by atoms with van der Waals surface area (Å²) in [4.78, 5) is 48.4. The maximum absolute atomic E-state index is 12.8. The Labute approximate surface area is 181 Å². The van der Waals surface area contributed by atoms with E-state index in [4.69, 9.17) is 5.73 Å². The molecule has 3 unspecified atom stereocenters. The van der Waals surface area contributed by atoms with Crippen molar-refractivity contribution in [2.24, 2.45) is 11.7 Å². The predicted molar refractivity (Wildman–Crippen MR) is 116 cm³/mol. The molecule has 30 heavy (non-hydrogen) atoms. The molecule has 0 radical (unpaired) electrons. The van der Waals surface area contributed by atoms with Crippen LogP contribution in [-0.4, -0.2) is 59.2 Å². The molecule has 0 spiro atoms. The zero-order chi connectivity index (χ0) is 22.7. The van der Waals surface area contributed by atoms with Crippen molar-refractivity contribution in [1.29, 1.82) is 0 Å². The zero-order valence-electron chi connectivity index (χ0n) is 17.1. The Hall–Kier alpha value is -2.59. The van der Waals surface area contributed by atoms with Crippen molar-refractivity contribution < 1.29 is 24.3 Å². The van der Waals surface area contributed by atoms with E-state index < -0.39 is 41.8 Å². The van der Waals surface area contributed by atoms with E-state index in [1.165, 1.54) is 0 Å². The molecule has 0 fully saturated rings. The lowest BCUT2D eigenvalue weighted by molar-refractivity contribution is -0.142. The number of hydrogen-bond acceptors (Lipinski definition) is 6. The van der Waals surface area contributed by atoms with Crippen molar-refractivity contribution >= 4 is 36.3 Å². The number of amides is 3. The highest BCUT2D eigenvalue weighted by Gasteiger charge is 2.29. The van der Waals surface area contributed by atoms with Gasteiger partial charge in [0.1, 0.15) is 18.1 Å². The van der Waals surface area contributed by atoms with E-state index in [9.17, 15) is 24.3 Å². The lowest BCUT2D eigenvalue weighted by Gasteiger charge is -2.25. The van der Waals surface area contributed by atoms with Gasteiger partial charge in [-0.3, -0.25) is 14.4 Å². The molecule has 6 N–H and O–H groups in total. The predicted octanol–water partition coefficient (Wildman–Crippen LogP) is -0.297. The van der Waals surface area contributed by atoms with Crippen molar-refractivity contribution in [1.82, 2.24) is 16.0 Å². The van der Waals surface area contributed by atoms with Gasteiger partial charge in [0.25, 0.3) is 0 Å². The van der Waals surface area contributed by atoms with Crippen LogP contribution in [0.15, 0.2) is 30.3 Å². The van der Waals surface area contributed by atoms with E-state index in [0.717, 1.165) is 5.56 Å². The molecule has 0 saturated carbocycles. The highest BCUT2D eigenvalue weighted by atomic mass is 32.1. The van der Waals surface area contributed by atoms with Crippen LogP contribution in [0.25, 0.3) is 0 Å². The van der Waals surface area contributed by atoms with E-state index >= 15 is 0 Å². The number of benzene rings is 1. The smallest absolute Gasteiger partial charge is 0.326 e. The molecule has 10 heteroatoms. The van der Waals surface area contributed by atoms with Crippen LogP contribution < -0.4 is 21.7 Å². The molecule has 0 aromatic heterocycles. The molecule has 3 amide bonds. The fourth-order valence-corrected chi connectivity index (χ4v) is 3.00. The Kier molecular flexibility index (Phi) is 10.9. The molecule has 0 aliphatic carbocycles.